The van der Waals surface area contributed by atoms with Crippen LogP contribution in [0.25, 0.3) is 0 Å². The zero-order valence-electron chi connectivity index (χ0n) is 16.1. The Morgan fingerprint density at radius 1 is 1.29 bits per heavy atom. The van der Waals surface area contributed by atoms with Crippen molar-refractivity contribution in [3.63, 3.8) is 0 Å². The Bertz CT molecular complexity index is 845. The number of carbonyl (C=O) groups is 2. The highest BCUT2D eigenvalue weighted by Crippen LogP contribution is 2.38. The highest BCUT2D eigenvalue weighted by molar-refractivity contribution is 7.09. The highest BCUT2D eigenvalue weighted by atomic mass is 32.1. The summed E-state index contributed by atoms with van der Waals surface area (Å²) in [6.07, 6.45) is 3.38. The predicted molar refractivity (Wildman–Crippen MR) is 109 cm³/mol. The lowest BCUT2D eigenvalue weighted by Crippen LogP contribution is -2.53. The molecule has 1 aromatic heterocycles. The average Bonchev–Trinajstić information content (AvgIpc) is 3.27. The lowest BCUT2D eigenvalue weighted by atomic mass is 9.84. The van der Waals surface area contributed by atoms with Crippen LogP contribution in [0.3, 0.4) is 0 Å². The van der Waals surface area contributed by atoms with E-state index in [0.29, 0.717) is 12.2 Å². The summed E-state index contributed by atoms with van der Waals surface area (Å²) in [4.78, 5) is 31.5. The zero-order chi connectivity index (χ0) is 19.6. The van der Waals surface area contributed by atoms with Crippen molar-refractivity contribution in [3.05, 3.63) is 52.0 Å². The molecule has 1 spiro atoms. The number of carbonyl (C=O) groups excluding carboxylic acids is 2. The molecule has 4 rings (SSSR count). The standard InChI is InChI=1S/C21H26N4O2S/c1-15(26)23-17-12-21(7-9-22-10-8-21)25(13-17)20(27)18-14-28-19(24-18)11-16-5-3-2-4-6-16/h2-6,14,17,22H,7-13H2,1H3,(H,23,26). The van der Waals surface area contributed by atoms with Gasteiger partial charge < -0.3 is 15.5 Å². The molecule has 2 aliphatic heterocycles. The van der Waals surface area contributed by atoms with E-state index in [1.54, 1.807) is 0 Å². The normalized spacial score (nSPS) is 21.0. The van der Waals surface area contributed by atoms with Crippen LogP contribution in [0.1, 0.15) is 47.2 Å². The molecule has 2 aromatic rings. The highest BCUT2D eigenvalue weighted by Gasteiger charge is 2.48. The Hall–Kier alpha value is -2.25. The van der Waals surface area contributed by atoms with Crippen LogP contribution in [0.4, 0.5) is 0 Å². The maximum atomic E-state index is 13.4. The number of aromatic nitrogens is 1. The van der Waals surface area contributed by atoms with Gasteiger partial charge in [-0.3, -0.25) is 9.59 Å². The van der Waals surface area contributed by atoms with E-state index in [2.05, 4.69) is 27.8 Å². The molecule has 7 heteroatoms. The second-order valence-corrected chi connectivity index (χ2v) is 8.72. The first-order valence-corrected chi connectivity index (χ1v) is 10.7. The quantitative estimate of drug-likeness (QED) is 0.828. The van der Waals surface area contributed by atoms with Crippen molar-refractivity contribution in [3.8, 4) is 0 Å². The second-order valence-electron chi connectivity index (χ2n) is 7.78. The van der Waals surface area contributed by atoms with E-state index in [9.17, 15) is 9.59 Å². The van der Waals surface area contributed by atoms with Gasteiger partial charge in [0, 0.05) is 36.9 Å². The van der Waals surface area contributed by atoms with Crippen molar-refractivity contribution < 1.29 is 9.59 Å². The number of benzene rings is 1. The third kappa shape index (κ3) is 3.95. The van der Waals surface area contributed by atoms with Gasteiger partial charge in [-0.1, -0.05) is 30.3 Å². The maximum Gasteiger partial charge on any atom is 0.273 e. The van der Waals surface area contributed by atoms with Crippen LogP contribution in [0.5, 0.6) is 0 Å². The molecule has 0 aliphatic carbocycles. The molecular weight excluding hydrogens is 372 g/mol. The van der Waals surface area contributed by atoms with Gasteiger partial charge in [0.15, 0.2) is 0 Å². The van der Waals surface area contributed by atoms with Crippen molar-refractivity contribution in [1.29, 1.82) is 0 Å². The number of thiazole rings is 1. The van der Waals surface area contributed by atoms with Gasteiger partial charge in [0.25, 0.3) is 5.91 Å². The molecule has 1 aromatic carbocycles. The largest absolute Gasteiger partial charge is 0.352 e. The van der Waals surface area contributed by atoms with E-state index in [0.717, 1.165) is 43.8 Å². The molecule has 2 saturated heterocycles. The molecule has 1 atom stereocenters. The van der Waals surface area contributed by atoms with Gasteiger partial charge in [0.1, 0.15) is 5.69 Å². The number of likely N-dealkylation sites (tertiary alicyclic amines) is 1. The lowest BCUT2D eigenvalue weighted by Gasteiger charge is -2.41. The topological polar surface area (TPSA) is 74.3 Å². The number of hydrogen-bond acceptors (Lipinski definition) is 5. The minimum Gasteiger partial charge on any atom is -0.352 e. The maximum absolute atomic E-state index is 13.4. The smallest absolute Gasteiger partial charge is 0.273 e. The molecule has 6 nitrogen and oxygen atoms in total. The van der Waals surface area contributed by atoms with Gasteiger partial charge in [-0.05, 0) is 37.9 Å². The van der Waals surface area contributed by atoms with Crippen molar-refractivity contribution in [2.45, 2.75) is 44.2 Å². The van der Waals surface area contributed by atoms with E-state index >= 15 is 0 Å². The molecule has 0 saturated carbocycles. The van der Waals surface area contributed by atoms with E-state index in [4.69, 9.17) is 0 Å². The van der Waals surface area contributed by atoms with Gasteiger partial charge in [-0.15, -0.1) is 11.3 Å². The van der Waals surface area contributed by atoms with Crippen LogP contribution in [-0.4, -0.2) is 52.9 Å². The summed E-state index contributed by atoms with van der Waals surface area (Å²) in [7, 11) is 0. The first kappa shape index (κ1) is 19.1. The summed E-state index contributed by atoms with van der Waals surface area (Å²) in [5.41, 5.74) is 1.54. The van der Waals surface area contributed by atoms with E-state index in [1.807, 2.05) is 28.5 Å². The lowest BCUT2D eigenvalue weighted by molar-refractivity contribution is -0.119. The third-order valence-electron chi connectivity index (χ3n) is 5.76. The molecule has 0 bridgehead atoms. The van der Waals surface area contributed by atoms with Crippen LogP contribution in [0, 0.1) is 0 Å². The van der Waals surface area contributed by atoms with Crippen molar-refractivity contribution in [1.82, 2.24) is 20.5 Å². The Morgan fingerprint density at radius 2 is 2.04 bits per heavy atom. The van der Waals surface area contributed by atoms with E-state index in [-0.39, 0.29) is 23.4 Å². The molecule has 2 aliphatic rings. The molecular formula is C21H26N4O2S. The Kier molecular flexibility index (Phi) is 5.46. The van der Waals surface area contributed by atoms with Crippen molar-refractivity contribution >= 4 is 23.2 Å². The molecule has 2 N–H and O–H groups in total. The van der Waals surface area contributed by atoms with Crippen molar-refractivity contribution in [2.75, 3.05) is 19.6 Å². The van der Waals surface area contributed by atoms with E-state index < -0.39 is 0 Å². The molecule has 0 radical (unpaired) electrons. The summed E-state index contributed by atoms with van der Waals surface area (Å²) in [5, 5.41) is 9.23. The summed E-state index contributed by atoms with van der Waals surface area (Å²) in [6.45, 7) is 3.89. The Labute approximate surface area is 169 Å². The summed E-state index contributed by atoms with van der Waals surface area (Å²) in [6, 6.07) is 10.2. The van der Waals surface area contributed by atoms with E-state index in [1.165, 1.54) is 23.8 Å². The van der Waals surface area contributed by atoms with Crippen LogP contribution < -0.4 is 10.6 Å². The molecule has 28 heavy (non-hydrogen) atoms. The molecule has 1 unspecified atom stereocenters. The molecule has 2 fully saturated rings. The molecule has 3 heterocycles. The Balaban J connectivity index is 1.53. The molecule has 148 valence electrons. The van der Waals surface area contributed by atoms with Gasteiger partial charge in [0.2, 0.25) is 5.91 Å². The monoisotopic (exact) mass is 398 g/mol. The van der Waals surface area contributed by atoms with Gasteiger partial charge >= 0.3 is 0 Å². The number of nitrogens with zero attached hydrogens (tertiary/aromatic N) is 2. The fourth-order valence-corrected chi connectivity index (χ4v) is 5.30. The SMILES string of the molecule is CC(=O)NC1CN(C(=O)c2csc(Cc3ccccc3)n2)C2(CCNCC2)C1. The fourth-order valence-electron chi connectivity index (χ4n) is 4.50. The molecule has 2 amide bonds. The minimum absolute atomic E-state index is 0.00897. The number of rotatable bonds is 4. The number of amides is 2. The second kappa shape index (κ2) is 8.01. The van der Waals surface area contributed by atoms with Gasteiger partial charge in [-0.2, -0.15) is 0 Å². The first-order valence-electron chi connectivity index (χ1n) is 9.84. The van der Waals surface area contributed by atoms with Gasteiger partial charge in [0.05, 0.1) is 5.01 Å². The zero-order valence-corrected chi connectivity index (χ0v) is 16.9. The van der Waals surface area contributed by atoms with Gasteiger partial charge in [-0.25, -0.2) is 4.98 Å². The number of nitrogens with one attached hydrogen (secondary N) is 2. The summed E-state index contributed by atoms with van der Waals surface area (Å²) >= 11 is 1.54. The first-order chi connectivity index (χ1) is 13.6. The van der Waals surface area contributed by atoms with Crippen molar-refractivity contribution in [2.24, 2.45) is 0 Å². The van der Waals surface area contributed by atoms with Crippen LogP contribution in [0.15, 0.2) is 35.7 Å². The summed E-state index contributed by atoms with van der Waals surface area (Å²) in [5.74, 6) is -0.0486. The fraction of sp³-hybridized carbons (Fsp3) is 0.476. The Morgan fingerprint density at radius 3 is 2.75 bits per heavy atom. The predicted octanol–water partition coefficient (Wildman–Crippen LogP) is 2.21. The van der Waals surface area contributed by atoms with Crippen LogP contribution >= 0.6 is 11.3 Å². The number of hydrogen-bond donors (Lipinski definition) is 2. The summed E-state index contributed by atoms with van der Waals surface area (Å²) < 4.78 is 0. The number of piperidine rings is 1. The third-order valence-corrected chi connectivity index (χ3v) is 6.61. The average molecular weight is 399 g/mol. The van der Waals surface area contributed by atoms with Crippen LogP contribution in [0.2, 0.25) is 0 Å². The minimum atomic E-state index is -0.182. The van der Waals surface area contributed by atoms with Crippen LogP contribution in [-0.2, 0) is 11.2 Å².